The van der Waals surface area contributed by atoms with Crippen LogP contribution in [0.15, 0.2) is 41.5 Å². The van der Waals surface area contributed by atoms with Crippen LogP contribution in [-0.2, 0) is 7.05 Å². The fourth-order valence-electron chi connectivity index (χ4n) is 3.62. The lowest BCUT2D eigenvalue weighted by Gasteiger charge is -2.42. The van der Waals surface area contributed by atoms with Crippen molar-refractivity contribution in [2.24, 2.45) is 17.8 Å². The Bertz CT molecular complexity index is 864. The number of aliphatic imine (C=N–C) groups is 1. The van der Waals surface area contributed by atoms with Crippen molar-refractivity contribution in [2.75, 3.05) is 18.4 Å². The molecule has 0 aliphatic carbocycles. The summed E-state index contributed by atoms with van der Waals surface area (Å²) in [6, 6.07) is 8.52. The number of rotatable bonds is 1. The fraction of sp³-hybridized carbons (Fsp3) is 0.333. The molecule has 2 aliphatic heterocycles. The van der Waals surface area contributed by atoms with E-state index < -0.39 is 5.66 Å². The number of hydrogen-bond donors (Lipinski definition) is 2. The smallest absolute Gasteiger partial charge is 0.270 e. The molecule has 1 saturated heterocycles. The van der Waals surface area contributed by atoms with E-state index in [9.17, 15) is 9.18 Å². The zero-order valence-corrected chi connectivity index (χ0v) is 14.0. The number of anilines is 1. The van der Waals surface area contributed by atoms with Crippen LogP contribution in [0.1, 0.15) is 28.9 Å². The Morgan fingerprint density at radius 3 is 2.72 bits per heavy atom. The molecule has 7 heteroatoms. The van der Waals surface area contributed by atoms with Crippen molar-refractivity contribution in [3.63, 3.8) is 0 Å². The van der Waals surface area contributed by atoms with Gasteiger partial charge in [-0.25, -0.2) is 9.38 Å². The highest BCUT2D eigenvalue weighted by atomic mass is 19.1. The van der Waals surface area contributed by atoms with Crippen LogP contribution < -0.4 is 11.1 Å². The first-order valence-electron chi connectivity index (χ1n) is 8.32. The van der Waals surface area contributed by atoms with E-state index in [-0.39, 0.29) is 17.6 Å². The molecule has 130 valence electrons. The number of carbonyl (C=O) groups is 1. The van der Waals surface area contributed by atoms with Gasteiger partial charge in [-0.05, 0) is 24.3 Å². The molecule has 1 aromatic carbocycles. The van der Waals surface area contributed by atoms with E-state index in [0.29, 0.717) is 42.9 Å². The number of aromatic nitrogens is 1. The van der Waals surface area contributed by atoms with Gasteiger partial charge in [-0.3, -0.25) is 4.79 Å². The van der Waals surface area contributed by atoms with Crippen LogP contribution >= 0.6 is 0 Å². The van der Waals surface area contributed by atoms with Crippen LogP contribution in [0.3, 0.4) is 0 Å². The fourth-order valence-corrected chi connectivity index (χ4v) is 3.62. The average molecular weight is 341 g/mol. The van der Waals surface area contributed by atoms with Gasteiger partial charge in [0, 0.05) is 44.9 Å². The number of amidine groups is 1. The highest BCUT2D eigenvalue weighted by Gasteiger charge is 2.39. The number of halogens is 1. The monoisotopic (exact) mass is 341 g/mol. The summed E-state index contributed by atoms with van der Waals surface area (Å²) in [7, 11) is 1.86. The van der Waals surface area contributed by atoms with Crippen LogP contribution in [0.5, 0.6) is 0 Å². The van der Waals surface area contributed by atoms with Crippen LogP contribution in [-0.4, -0.2) is 40.0 Å². The third-order valence-corrected chi connectivity index (χ3v) is 5.01. The Morgan fingerprint density at radius 2 is 2.04 bits per heavy atom. The first-order chi connectivity index (χ1) is 12.0. The van der Waals surface area contributed by atoms with Gasteiger partial charge < -0.3 is 20.5 Å². The Kier molecular flexibility index (Phi) is 3.52. The number of hydrogen-bond acceptors (Lipinski definition) is 4. The lowest BCUT2D eigenvalue weighted by atomic mass is 9.93. The molecule has 1 fully saturated rings. The zero-order chi connectivity index (χ0) is 17.6. The maximum Gasteiger partial charge on any atom is 0.270 e. The van der Waals surface area contributed by atoms with E-state index in [0.717, 1.165) is 0 Å². The predicted octanol–water partition coefficient (Wildman–Crippen LogP) is 1.93. The number of nitrogens with two attached hydrogens (primary N) is 1. The van der Waals surface area contributed by atoms with Crippen molar-refractivity contribution in [1.29, 1.82) is 0 Å². The van der Waals surface area contributed by atoms with Gasteiger partial charge in [-0.2, -0.15) is 0 Å². The number of nitrogens with one attached hydrogen (secondary N) is 1. The van der Waals surface area contributed by atoms with Crippen LogP contribution in [0, 0.1) is 5.82 Å². The van der Waals surface area contributed by atoms with Crippen LogP contribution in [0.2, 0.25) is 0 Å². The number of aryl methyl sites for hydroxylation is 1. The molecular formula is C18H20FN5O. The van der Waals surface area contributed by atoms with Crippen molar-refractivity contribution in [3.8, 4) is 0 Å². The Balaban J connectivity index is 1.54. The summed E-state index contributed by atoms with van der Waals surface area (Å²) in [5.41, 5.74) is 7.12. The van der Waals surface area contributed by atoms with Crippen molar-refractivity contribution >= 4 is 17.4 Å². The van der Waals surface area contributed by atoms with Crippen molar-refractivity contribution in [3.05, 3.63) is 53.6 Å². The summed E-state index contributed by atoms with van der Waals surface area (Å²) in [6.07, 6.45) is 3.11. The van der Waals surface area contributed by atoms with Gasteiger partial charge in [0.05, 0.1) is 5.56 Å². The molecule has 2 aromatic rings. The molecule has 0 unspecified atom stereocenters. The predicted molar refractivity (Wildman–Crippen MR) is 94.0 cm³/mol. The van der Waals surface area contributed by atoms with E-state index in [4.69, 9.17) is 5.73 Å². The number of amides is 1. The van der Waals surface area contributed by atoms with Gasteiger partial charge in [0.2, 0.25) is 0 Å². The molecule has 0 atom stereocenters. The molecule has 25 heavy (non-hydrogen) atoms. The van der Waals surface area contributed by atoms with Crippen LogP contribution in [0.25, 0.3) is 0 Å². The minimum absolute atomic E-state index is 0.0153. The Labute approximate surface area is 145 Å². The average Bonchev–Trinajstić information content (AvgIpc) is 3.00. The summed E-state index contributed by atoms with van der Waals surface area (Å²) in [6.45, 7) is 1.14. The second-order valence-corrected chi connectivity index (χ2v) is 6.61. The first kappa shape index (κ1) is 15.7. The molecule has 1 amide bonds. The van der Waals surface area contributed by atoms with Crippen molar-refractivity contribution in [2.45, 2.75) is 18.5 Å². The molecule has 3 heterocycles. The molecular weight excluding hydrogens is 321 g/mol. The molecule has 3 N–H and O–H groups in total. The van der Waals surface area contributed by atoms with Gasteiger partial charge >= 0.3 is 0 Å². The Morgan fingerprint density at radius 1 is 1.28 bits per heavy atom. The molecule has 1 aromatic heterocycles. The third kappa shape index (κ3) is 2.56. The molecule has 6 nitrogen and oxygen atoms in total. The number of likely N-dealkylation sites (tertiary alicyclic amines) is 1. The molecule has 0 bridgehead atoms. The maximum atomic E-state index is 14.0. The normalized spacial score (nSPS) is 18.5. The van der Waals surface area contributed by atoms with E-state index in [1.807, 2.05) is 40.9 Å². The lowest BCUT2D eigenvalue weighted by molar-refractivity contribution is 0.0676. The summed E-state index contributed by atoms with van der Waals surface area (Å²) in [4.78, 5) is 19.0. The summed E-state index contributed by atoms with van der Waals surface area (Å²) in [5.74, 6) is -0.145. The largest absolute Gasteiger partial charge is 0.383 e. The zero-order valence-electron chi connectivity index (χ0n) is 14.0. The van der Waals surface area contributed by atoms with Crippen molar-refractivity contribution < 1.29 is 9.18 Å². The SMILES string of the molecule is Cn1cccc1C(=O)N1CCC2(CC1)N=C(N)c1c(F)cccc1N2. The standard InChI is InChI=1S/C18H20FN5O/c1-23-9-3-6-14(23)17(25)24-10-7-18(8-11-24)21-13-5-2-4-12(19)15(13)16(20)22-18/h2-6,9,21H,7-8,10-11H2,1H3,(H2,20,22). The molecule has 0 radical (unpaired) electrons. The highest BCUT2D eigenvalue weighted by Crippen LogP contribution is 2.35. The minimum atomic E-state index is -0.574. The second kappa shape index (κ2) is 5.61. The number of carbonyl (C=O) groups excluding carboxylic acids is 1. The quantitative estimate of drug-likeness (QED) is 0.832. The van der Waals surface area contributed by atoms with Gasteiger partial charge in [0.1, 0.15) is 23.0 Å². The topological polar surface area (TPSA) is 75.7 Å². The number of nitrogens with zero attached hydrogens (tertiary/aromatic N) is 3. The van der Waals surface area contributed by atoms with E-state index in [1.54, 1.807) is 6.07 Å². The number of piperidine rings is 1. The molecule has 2 aliphatic rings. The van der Waals surface area contributed by atoms with E-state index in [1.165, 1.54) is 6.07 Å². The lowest BCUT2D eigenvalue weighted by Crippen LogP contribution is -2.52. The van der Waals surface area contributed by atoms with E-state index >= 15 is 0 Å². The molecule has 4 rings (SSSR count). The Hall–Kier alpha value is -2.83. The first-order valence-corrected chi connectivity index (χ1v) is 8.32. The highest BCUT2D eigenvalue weighted by molar-refractivity contribution is 6.04. The summed E-state index contributed by atoms with van der Waals surface area (Å²) >= 11 is 0. The van der Waals surface area contributed by atoms with Gasteiger partial charge in [0.15, 0.2) is 0 Å². The summed E-state index contributed by atoms with van der Waals surface area (Å²) in [5, 5.41) is 3.34. The number of benzene rings is 1. The minimum Gasteiger partial charge on any atom is -0.383 e. The molecule has 0 saturated carbocycles. The van der Waals surface area contributed by atoms with Crippen molar-refractivity contribution in [1.82, 2.24) is 9.47 Å². The van der Waals surface area contributed by atoms with Gasteiger partial charge in [0.25, 0.3) is 5.91 Å². The third-order valence-electron chi connectivity index (χ3n) is 5.01. The number of fused-ring (bicyclic) bond motifs is 1. The van der Waals surface area contributed by atoms with Gasteiger partial charge in [-0.15, -0.1) is 0 Å². The van der Waals surface area contributed by atoms with Crippen LogP contribution in [0.4, 0.5) is 10.1 Å². The van der Waals surface area contributed by atoms with E-state index in [2.05, 4.69) is 10.3 Å². The maximum absolute atomic E-state index is 14.0. The summed E-state index contributed by atoms with van der Waals surface area (Å²) < 4.78 is 15.8. The second-order valence-electron chi connectivity index (χ2n) is 6.61. The van der Waals surface area contributed by atoms with Gasteiger partial charge in [-0.1, -0.05) is 6.07 Å². The molecule has 1 spiro atoms.